The molecule has 17 nitrogen and oxygen atoms in total. The number of hydrogen-bond donors (Lipinski definition) is 3. The highest BCUT2D eigenvalue weighted by atomic mass is 28.1. The van der Waals surface area contributed by atoms with Crippen molar-refractivity contribution in [1.29, 1.82) is 0 Å². The number of ether oxygens (including phenoxy) is 3. The number of aryl methyl sites for hydroxylation is 1. The first kappa shape index (κ1) is 49.7. The Morgan fingerprint density at radius 2 is 1.90 bits per heavy atom. The molecule has 4 amide bonds. The quantitative estimate of drug-likeness (QED) is 0.189. The van der Waals surface area contributed by atoms with E-state index >= 15 is 0 Å². The molecule has 362 valence electrons. The van der Waals surface area contributed by atoms with Crippen LogP contribution in [0, 0.1) is 11.3 Å². The van der Waals surface area contributed by atoms with E-state index in [1.165, 1.54) is 16.0 Å². The summed E-state index contributed by atoms with van der Waals surface area (Å²) in [5, 5.41) is 9.23. The lowest BCUT2D eigenvalue weighted by atomic mass is 9.84. The van der Waals surface area contributed by atoms with E-state index in [1.807, 2.05) is 32.9 Å². The van der Waals surface area contributed by atoms with E-state index in [9.17, 15) is 24.0 Å². The molecule has 7 rings (SSSR count). The van der Waals surface area contributed by atoms with Gasteiger partial charge in [0.2, 0.25) is 29.8 Å². The number of pyridine rings is 1. The molecule has 0 aliphatic carbocycles. The number of carbonyl (C=O) groups excluding carboxylic acids is 5. The van der Waals surface area contributed by atoms with Crippen LogP contribution in [0.3, 0.4) is 0 Å². The zero-order chi connectivity index (χ0) is 48.6. The lowest BCUT2D eigenvalue weighted by Crippen LogP contribution is -2.68. The Morgan fingerprint density at radius 3 is 2.58 bits per heavy atom. The number of likely N-dealkylation sites (tertiary alicyclic amines) is 1. The summed E-state index contributed by atoms with van der Waals surface area (Å²) in [6.45, 7) is 17.8. The Kier molecular flexibility index (Phi) is 14.7. The van der Waals surface area contributed by atoms with Gasteiger partial charge in [0.15, 0.2) is 0 Å². The molecular formula is C48H69N9O8Si2. The predicted molar refractivity (Wildman–Crippen MR) is 263 cm³/mol. The number of fused-ring (bicyclic) bond motifs is 6. The number of hydrogen-bond acceptors (Lipinski definition) is 12. The third-order valence-corrected chi connectivity index (χ3v) is 16.3. The summed E-state index contributed by atoms with van der Waals surface area (Å²) in [6.07, 6.45) is 4.07. The number of hydrazone groups is 1. The molecule has 0 saturated carbocycles. The zero-order valence-corrected chi connectivity index (χ0v) is 44.9. The van der Waals surface area contributed by atoms with Gasteiger partial charge in [-0.15, -0.1) is 5.10 Å². The number of nitrogens with one attached hydrogen (secondary N) is 3. The van der Waals surface area contributed by atoms with Crippen LogP contribution >= 0.6 is 0 Å². The number of nitrogens with zero attached hydrogens (tertiary/aromatic N) is 6. The third-order valence-electron chi connectivity index (χ3n) is 14.1. The van der Waals surface area contributed by atoms with Crippen LogP contribution in [0.2, 0.25) is 5.04 Å². The maximum Gasteiger partial charge on any atom is 0.259 e. The summed E-state index contributed by atoms with van der Waals surface area (Å²) in [4.78, 5) is 77.9. The van der Waals surface area contributed by atoms with Crippen LogP contribution in [0.4, 0.5) is 0 Å². The molecule has 0 spiro atoms. The largest absolute Gasteiger partial charge is 0.450 e. The summed E-state index contributed by atoms with van der Waals surface area (Å²) in [7, 11) is 3.97. The maximum absolute atomic E-state index is 14.9. The van der Waals surface area contributed by atoms with Crippen LogP contribution in [0.1, 0.15) is 96.4 Å². The number of likely N-dealkylation sites (N-methyl/N-ethyl adjacent to an activating group) is 1. The van der Waals surface area contributed by atoms with Gasteiger partial charge in [0.05, 0.1) is 52.4 Å². The monoisotopic (exact) mass is 955 g/mol. The van der Waals surface area contributed by atoms with E-state index in [-0.39, 0.29) is 71.5 Å². The summed E-state index contributed by atoms with van der Waals surface area (Å²) >= 11 is 0. The van der Waals surface area contributed by atoms with Crippen molar-refractivity contribution in [2.24, 2.45) is 16.4 Å². The Bertz CT molecular complexity index is 2460. The molecule has 1 aromatic carbocycles. The van der Waals surface area contributed by atoms with E-state index in [0.29, 0.717) is 55.6 Å². The van der Waals surface area contributed by atoms with Crippen molar-refractivity contribution in [2.45, 2.75) is 115 Å². The molecule has 6 bridgehead atoms. The standard InChI is InChI=1S/C48H69N9O8Si2/c1-10-37(58)55-21-18-48(67,25-55)44(61)54(8)39(28(3)4)41(59)50-34-23-36-51-52-42(65-36)30-15-16-35-32(22-30)33(40(56(35)11-2)31-14-12-19-49-38(31)29(5)63-9)24-46(6,7)26-64-27-47(45(62)66)17-13-20-57(53-47)43(34)60/h10,12,14-16,19,22,28-29,34,39,42,52-53H,1,11,13,17-18,20-21,23-27H2,2-9,66-67H3,(H,50,59)/t29-,34-,39-,42?,47-,48-/m0/s1. The number of aromatic nitrogens is 2. The van der Waals surface area contributed by atoms with Gasteiger partial charge in [-0.2, -0.15) is 0 Å². The second-order valence-electron chi connectivity index (χ2n) is 20.1. The fourth-order valence-electron chi connectivity index (χ4n) is 10.3. The molecule has 2 aromatic heterocycles. The minimum absolute atomic E-state index is 0.0390. The third kappa shape index (κ3) is 9.88. The molecule has 3 aromatic rings. The molecule has 6 atom stereocenters. The van der Waals surface area contributed by atoms with Crippen LogP contribution in [-0.2, 0) is 51.1 Å². The smallest absolute Gasteiger partial charge is 0.259 e. The minimum atomic E-state index is -1.20. The topological polar surface area (TPSA) is 189 Å². The molecule has 4 aliphatic rings. The minimum Gasteiger partial charge on any atom is -0.450 e. The van der Waals surface area contributed by atoms with Crippen LogP contribution in [0.15, 0.2) is 54.3 Å². The van der Waals surface area contributed by atoms with Crippen LogP contribution in [-0.4, -0.2) is 144 Å². The maximum atomic E-state index is 14.9. The van der Waals surface area contributed by atoms with Crippen molar-refractivity contribution in [3.63, 3.8) is 0 Å². The first-order valence-corrected chi connectivity index (χ1v) is 25.6. The Balaban J connectivity index is 1.26. The molecule has 67 heavy (non-hydrogen) atoms. The van der Waals surface area contributed by atoms with E-state index in [4.69, 9.17) is 19.2 Å². The number of rotatable bonds is 11. The van der Waals surface area contributed by atoms with Crippen LogP contribution in [0.25, 0.3) is 22.2 Å². The van der Waals surface area contributed by atoms with E-state index in [1.54, 1.807) is 25.3 Å². The lowest BCUT2D eigenvalue weighted by Gasteiger charge is -2.44. The molecule has 2 fully saturated rings. The molecule has 19 heteroatoms. The molecule has 4 aliphatic heterocycles. The van der Waals surface area contributed by atoms with Crippen LogP contribution in [0.5, 0.6) is 0 Å². The number of amides is 4. The average molecular weight is 956 g/mol. The number of methoxy groups -OCH3 is 1. The second-order valence-corrected chi connectivity index (χ2v) is 22.9. The summed E-state index contributed by atoms with van der Waals surface area (Å²) in [6, 6.07) is 8.15. The van der Waals surface area contributed by atoms with Gasteiger partial charge in [-0.05, 0) is 86.8 Å². The normalized spacial score (nSPS) is 25.2. The Morgan fingerprint density at radius 1 is 1.13 bits per heavy atom. The van der Waals surface area contributed by atoms with Gasteiger partial charge >= 0.3 is 0 Å². The van der Waals surface area contributed by atoms with Crippen LogP contribution < -0.4 is 16.2 Å². The Labute approximate surface area is 399 Å². The Hall–Kier alpha value is -5.22. The molecule has 1 unspecified atom stereocenters. The van der Waals surface area contributed by atoms with Crippen molar-refractivity contribution in [2.75, 3.05) is 47.0 Å². The summed E-state index contributed by atoms with van der Waals surface area (Å²) in [5.74, 6) is -1.58. The first-order chi connectivity index (χ1) is 31.8. The van der Waals surface area contributed by atoms with Gasteiger partial charge in [-0.25, -0.2) is 5.43 Å². The van der Waals surface area contributed by atoms with Gasteiger partial charge in [0.1, 0.15) is 23.0 Å². The molecule has 6 heterocycles. The molecule has 0 radical (unpaired) electrons. The lowest BCUT2D eigenvalue weighted by molar-refractivity contribution is -0.149. The van der Waals surface area contributed by atoms with Gasteiger partial charge < -0.3 is 38.7 Å². The average Bonchev–Trinajstić information content (AvgIpc) is 4.03. The van der Waals surface area contributed by atoms with Crippen molar-refractivity contribution in [1.82, 2.24) is 40.5 Å². The number of benzene rings is 1. The van der Waals surface area contributed by atoms with Crippen molar-refractivity contribution < 1.29 is 38.2 Å². The second kappa shape index (κ2) is 19.8. The number of carbonyl (C=O) groups is 5. The van der Waals surface area contributed by atoms with E-state index < -0.39 is 46.1 Å². The fourth-order valence-corrected chi connectivity index (χ4v) is 11.8. The molecule has 2 saturated heterocycles. The SMILES string of the molecule is C=CC(=O)N1CC[C@@]([SiH3])(C(=O)N(C)[C@H](C(=O)N[C@H]2CC3=NNC(O3)c3ccc4c(c3)c(c(-c3cccnc3[C@H](C)OC)n4CC)CC(C)(C)COC[C@]3(C(=O)[SiH3])CCCN(N3)C2=O)C(C)C)C1. The van der Waals surface area contributed by atoms with Gasteiger partial charge in [0.25, 0.3) is 5.91 Å². The molecule has 3 N–H and O–H groups in total. The first-order valence-electron chi connectivity index (χ1n) is 23.6. The highest BCUT2D eigenvalue weighted by Crippen LogP contribution is 2.42. The zero-order valence-electron chi connectivity index (χ0n) is 40.9. The van der Waals surface area contributed by atoms with Gasteiger partial charge in [-0.1, -0.05) is 40.3 Å². The van der Waals surface area contributed by atoms with E-state index in [2.05, 4.69) is 71.4 Å². The molecular weight excluding hydrogens is 887 g/mol. The fraction of sp³-hybridized carbons (Fsp3) is 0.562. The van der Waals surface area contributed by atoms with Crippen molar-refractivity contribution >= 4 is 66.3 Å². The van der Waals surface area contributed by atoms with Gasteiger partial charge in [0, 0.05) is 78.8 Å². The summed E-state index contributed by atoms with van der Waals surface area (Å²) < 4.78 is 21.3. The van der Waals surface area contributed by atoms with Gasteiger partial charge in [-0.3, -0.25) is 34.6 Å². The highest BCUT2D eigenvalue weighted by Gasteiger charge is 2.47. The predicted octanol–water partition coefficient (Wildman–Crippen LogP) is 2.02. The summed E-state index contributed by atoms with van der Waals surface area (Å²) in [5.41, 5.74) is 10.7. The van der Waals surface area contributed by atoms with E-state index in [0.717, 1.165) is 39.0 Å². The number of hydrazine groups is 1. The highest BCUT2D eigenvalue weighted by molar-refractivity contribution is 6.60. The van der Waals surface area contributed by atoms with Crippen molar-refractivity contribution in [3.05, 3.63) is 66.0 Å². The van der Waals surface area contributed by atoms with Crippen molar-refractivity contribution in [3.8, 4) is 11.3 Å².